The summed E-state index contributed by atoms with van der Waals surface area (Å²) in [4.78, 5) is 15.3. The van der Waals surface area contributed by atoms with Crippen LogP contribution in [0.3, 0.4) is 0 Å². The van der Waals surface area contributed by atoms with E-state index in [-0.39, 0.29) is 11.8 Å². The van der Waals surface area contributed by atoms with Crippen molar-refractivity contribution in [2.24, 2.45) is 0 Å². The van der Waals surface area contributed by atoms with E-state index in [1.165, 1.54) is 11.8 Å². The highest BCUT2D eigenvalue weighted by Gasteiger charge is 2.14. The lowest BCUT2D eigenvalue weighted by Gasteiger charge is -1.92. The van der Waals surface area contributed by atoms with Crippen molar-refractivity contribution in [1.82, 2.24) is 30.2 Å². The molecule has 0 fully saturated rings. The van der Waals surface area contributed by atoms with Crippen LogP contribution in [-0.2, 0) is 4.74 Å². The van der Waals surface area contributed by atoms with Gasteiger partial charge in [0.2, 0.25) is 5.82 Å². The quantitative estimate of drug-likeness (QED) is 0.708. The van der Waals surface area contributed by atoms with E-state index in [0.717, 1.165) is 5.56 Å². The van der Waals surface area contributed by atoms with Crippen molar-refractivity contribution < 1.29 is 9.53 Å². The van der Waals surface area contributed by atoms with Crippen LogP contribution in [0.2, 0.25) is 0 Å². The molecule has 3 rings (SSSR count). The van der Waals surface area contributed by atoms with Gasteiger partial charge in [0.05, 0.1) is 13.3 Å². The zero-order valence-electron chi connectivity index (χ0n) is 10.5. The molecule has 0 spiro atoms. The van der Waals surface area contributed by atoms with Gasteiger partial charge in [-0.05, 0) is 0 Å². The van der Waals surface area contributed by atoms with Crippen LogP contribution in [-0.4, -0.2) is 43.3 Å². The molecule has 1 N–H and O–H groups in total. The molecule has 1 aromatic carbocycles. The van der Waals surface area contributed by atoms with Crippen LogP contribution in [0.15, 0.2) is 36.5 Å². The van der Waals surface area contributed by atoms with Gasteiger partial charge in [0, 0.05) is 5.56 Å². The average Bonchev–Trinajstić information content (AvgIpc) is 3.16. The number of H-pyrrole nitrogens is 1. The fourth-order valence-electron chi connectivity index (χ4n) is 1.65. The number of carbonyl (C=O) groups excluding carboxylic acids is 1. The Kier molecular flexibility index (Phi) is 2.96. The predicted molar refractivity (Wildman–Crippen MR) is 68.1 cm³/mol. The summed E-state index contributed by atoms with van der Waals surface area (Å²) in [6, 6.07) is 9.59. The number of carbonyl (C=O) groups is 1. The number of rotatable bonds is 3. The Morgan fingerprint density at radius 2 is 2.10 bits per heavy atom. The van der Waals surface area contributed by atoms with Crippen molar-refractivity contribution in [3.63, 3.8) is 0 Å². The van der Waals surface area contributed by atoms with Crippen LogP contribution in [0.5, 0.6) is 0 Å². The number of aromatic nitrogens is 6. The van der Waals surface area contributed by atoms with Crippen molar-refractivity contribution in [3.05, 3.63) is 42.4 Å². The van der Waals surface area contributed by atoms with E-state index in [9.17, 15) is 4.79 Å². The van der Waals surface area contributed by atoms with E-state index in [0.29, 0.717) is 5.69 Å². The monoisotopic (exact) mass is 270 g/mol. The van der Waals surface area contributed by atoms with Gasteiger partial charge in [0.1, 0.15) is 5.69 Å². The molecular weight excluding hydrogens is 260 g/mol. The van der Waals surface area contributed by atoms with Gasteiger partial charge < -0.3 is 4.74 Å². The van der Waals surface area contributed by atoms with Crippen LogP contribution >= 0.6 is 0 Å². The van der Waals surface area contributed by atoms with Crippen LogP contribution < -0.4 is 0 Å². The minimum atomic E-state index is -0.591. The molecule has 2 aromatic heterocycles. The van der Waals surface area contributed by atoms with Crippen LogP contribution in [0.25, 0.3) is 17.2 Å². The van der Waals surface area contributed by atoms with Crippen LogP contribution in [0.4, 0.5) is 0 Å². The van der Waals surface area contributed by atoms with Gasteiger partial charge in [0.25, 0.3) is 5.95 Å². The summed E-state index contributed by atoms with van der Waals surface area (Å²) in [5, 5.41) is 14.3. The van der Waals surface area contributed by atoms with Crippen LogP contribution in [0.1, 0.15) is 10.6 Å². The molecule has 0 radical (unpaired) electrons. The molecule has 0 atom stereocenters. The first-order valence-electron chi connectivity index (χ1n) is 5.77. The number of hydrogen-bond donors (Lipinski definition) is 1. The summed E-state index contributed by atoms with van der Waals surface area (Å²) in [7, 11) is 1.27. The number of nitrogens with one attached hydrogen (secondary N) is 1. The third kappa shape index (κ3) is 2.14. The lowest BCUT2D eigenvalue weighted by Crippen LogP contribution is -2.04. The molecule has 0 bridgehead atoms. The third-order valence-electron chi connectivity index (χ3n) is 2.62. The predicted octanol–water partition coefficient (Wildman–Crippen LogP) is 0.839. The second kappa shape index (κ2) is 4.92. The second-order valence-corrected chi connectivity index (χ2v) is 3.89. The fraction of sp³-hybridized carbons (Fsp3) is 0.0833. The molecule has 0 aliphatic heterocycles. The Hall–Kier alpha value is -3.03. The normalized spacial score (nSPS) is 10.4. The van der Waals surface area contributed by atoms with Crippen molar-refractivity contribution in [2.75, 3.05) is 7.11 Å². The molecule has 8 nitrogen and oxygen atoms in total. The van der Waals surface area contributed by atoms with Crippen molar-refractivity contribution in [1.29, 1.82) is 0 Å². The van der Waals surface area contributed by atoms with Crippen molar-refractivity contribution in [3.8, 4) is 17.2 Å². The number of ether oxygens (including phenoxy) is 1. The summed E-state index contributed by atoms with van der Waals surface area (Å²) < 4.78 is 5.92. The highest BCUT2D eigenvalue weighted by molar-refractivity contribution is 5.85. The first-order chi connectivity index (χ1) is 9.78. The molecule has 0 saturated carbocycles. The lowest BCUT2D eigenvalue weighted by molar-refractivity contribution is 0.0587. The molecular formula is C12H10N6O2. The van der Waals surface area contributed by atoms with Gasteiger partial charge in [-0.15, -0.1) is 10.2 Å². The van der Waals surface area contributed by atoms with Gasteiger partial charge in [-0.25, -0.2) is 4.79 Å². The highest BCUT2D eigenvalue weighted by atomic mass is 16.5. The molecule has 0 unspecified atom stereocenters. The highest BCUT2D eigenvalue weighted by Crippen LogP contribution is 2.15. The zero-order chi connectivity index (χ0) is 13.9. The maximum atomic E-state index is 11.3. The largest absolute Gasteiger partial charge is 0.463 e. The third-order valence-corrected chi connectivity index (χ3v) is 2.62. The van der Waals surface area contributed by atoms with E-state index in [2.05, 4.69) is 30.2 Å². The zero-order valence-corrected chi connectivity index (χ0v) is 10.5. The smallest absolute Gasteiger partial charge is 0.375 e. The number of esters is 1. The maximum Gasteiger partial charge on any atom is 0.375 e. The van der Waals surface area contributed by atoms with Gasteiger partial charge in [-0.3, -0.25) is 5.10 Å². The minimum Gasteiger partial charge on any atom is -0.463 e. The summed E-state index contributed by atoms with van der Waals surface area (Å²) in [6.45, 7) is 0. The van der Waals surface area contributed by atoms with Gasteiger partial charge in [0.15, 0.2) is 0 Å². The van der Waals surface area contributed by atoms with Crippen molar-refractivity contribution >= 4 is 5.97 Å². The summed E-state index contributed by atoms with van der Waals surface area (Å²) in [5.74, 6) is -0.355. The van der Waals surface area contributed by atoms with E-state index in [4.69, 9.17) is 0 Å². The molecule has 20 heavy (non-hydrogen) atoms. The standard InChI is InChI=1S/C12H10N6O2/c1-20-11(19)10-13-12(16-15-10)18-7-9(14-17-18)8-5-3-2-4-6-8/h2-7H,1H3,(H,13,15,16). The lowest BCUT2D eigenvalue weighted by atomic mass is 10.2. The first kappa shape index (κ1) is 12.0. The Morgan fingerprint density at radius 1 is 1.30 bits per heavy atom. The Labute approximate surface area is 113 Å². The summed E-state index contributed by atoms with van der Waals surface area (Å²) in [6.07, 6.45) is 1.68. The van der Waals surface area contributed by atoms with Gasteiger partial charge in [-0.2, -0.15) is 9.67 Å². The Morgan fingerprint density at radius 3 is 2.85 bits per heavy atom. The van der Waals surface area contributed by atoms with E-state index in [1.807, 2.05) is 30.3 Å². The van der Waals surface area contributed by atoms with E-state index in [1.54, 1.807) is 6.20 Å². The number of aromatic amines is 1. The van der Waals surface area contributed by atoms with Crippen molar-refractivity contribution in [2.45, 2.75) is 0 Å². The summed E-state index contributed by atoms with van der Waals surface area (Å²) in [5.41, 5.74) is 1.62. The number of nitrogens with zero attached hydrogens (tertiary/aromatic N) is 5. The molecule has 100 valence electrons. The van der Waals surface area contributed by atoms with Crippen LogP contribution in [0, 0.1) is 0 Å². The van der Waals surface area contributed by atoms with E-state index >= 15 is 0 Å². The number of methoxy groups -OCH3 is 1. The van der Waals surface area contributed by atoms with Gasteiger partial charge >= 0.3 is 5.97 Å². The molecule has 2 heterocycles. The summed E-state index contributed by atoms with van der Waals surface area (Å²) >= 11 is 0. The number of hydrogen-bond acceptors (Lipinski definition) is 6. The molecule has 0 saturated heterocycles. The molecule has 0 amide bonds. The average molecular weight is 270 g/mol. The molecule has 0 aliphatic rings. The Balaban J connectivity index is 1.91. The molecule has 0 aliphatic carbocycles. The SMILES string of the molecule is COC(=O)c1nc(-n2cc(-c3ccccc3)nn2)n[nH]1. The fourth-order valence-corrected chi connectivity index (χ4v) is 1.65. The van der Waals surface area contributed by atoms with Gasteiger partial charge in [-0.1, -0.05) is 35.5 Å². The molecule has 8 heteroatoms. The topological polar surface area (TPSA) is 98.6 Å². The maximum absolute atomic E-state index is 11.3. The first-order valence-corrected chi connectivity index (χ1v) is 5.77. The number of benzene rings is 1. The molecule has 3 aromatic rings. The Bertz CT molecular complexity index is 733. The second-order valence-electron chi connectivity index (χ2n) is 3.89. The minimum absolute atomic E-state index is 0.0132. The van der Waals surface area contributed by atoms with E-state index < -0.39 is 5.97 Å².